The lowest BCUT2D eigenvalue weighted by molar-refractivity contribution is -0.0799. The predicted molar refractivity (Wildman–Crippen MR) is 78.1 cm³/mol. The van der Waals surface area contributed by atoms with Crippen molar-refractivity contribution < 1.29 is 22.4 Å². The second-order valence-corrected chi connectivity index (χ2v) is 4.86. The highest BCUT2D eigenvalue weighted by atomic mass is 19.4. The Kier molecular flexibility index (Phi) is 3.55. The number of halogens is 4. The summed E-state index contributed by atoms with van der Waals surface area (Å²) >= 11 is 0. The summed E-state index contributed by atoms with van der Waals surface area (Å²) in [6.45, 7) is 0. The molecule has 2 aromatic carbocycles. The van der Waals surface area contributed by atoms with Gasteiger partial charge >= 0.3 is 6.18 Å². The van der Waals surface area contributed by atoms with Gasteiger partial charge in [-0.05, 0) is 30.3 Å². The Labute approximate surface area is 128 Å². The van der Waals surface area contributed by atoms with Crippen molar-refractivity contribution in [1.29, 1.82) is 0 Å². The van der Waals surface area contributed by atoms with E-state index in [-0.39, 0.29) is 17.3 Å². The van der Waals surface area contributed by atoms with Gasteiger partial charge in [0.1, 0.15) is 5.82 Å². The number of para-hydroxylation sites is 2. The molecule has 0 aliphatic carbocycles. The molecule has 0 saturated heterocycles. The van der Waals surface area contributed by atoms with E-state index in [0.29, 0.717) is 11.4 Å². The van der Waals surface area contributed by atoms with E-state index in [1.807, 2.05) is 0 Å². The van der Waals surface area contributed by atoms with Crippen LogP contribution < -0.4 is 10.2 Å². The molecule has 3 nitrogen and oxygen atoms in total. The summed E-state index contributed by atoms with van der Waals surface area (Å²) in [6, 6.07) is 9.75. The summed E-state index contributed by atoms with van der Waals surface area (Å²) < 4.78 is 51.1. The Morgan fingerprint density at radius 1 is 1.04 bits per heavy atom. The molecule has 0 spiro atoms. The second-order valence-electron chi connectivity index (χ2n) is 4.86. The molecule has 7 heteroatoms. The number of fused-ring (bicyclic) bond motifs is 2. The van der Waals surface area contributed by atoms with E-state index in [0.717, 1.165) is 18.3 Å². The quantitative estimate of drug-likeness (QED) is 0.778. The molecular weight excluding hydrogens is 312 g/mol. The zero-order chi connectivity index (χ0) is 16.6. The van der Waals surface area contributed by atoms with Crippen LogP contribution in [0.5, 0.6) is 0 Å². The number of nitrogens with one attached hydrogen (secondary N) is 1. The molecule has 1 aliphatic rings. The first-order valence-corrected chi connectivity index (χ1v) is 6.60. The summed E-state index contributed by atoms with van der Waals surface area (Å²) in [7, 11) is 0. The van der Waals surface area contributed by atoms with E-state index in [1.54, 1.807) is 24.3 Å². The van der Waals surface area contributed by atoms with Crippen molar-refractivity contribution >= 4 is 23.0 Å². The van der Waals surface area contributed by atoms with Gasteiger partial charge in [0.15, 0.2) is 0 Å². The maximum atomic E-state index is 13.4. The highest BCUT2D eigenvalue weighted by molar-refractivity contribution is 6.12. The average molecular weight is 322 g/mol. The van der Waals surface area contributed by atoms with Crippen LogP contribution in [0.25, 0.3) is 0 Å². The molecular formula is C16H10F4N2O. The van der Waals surface area contributed by atoms with Crippen LogP contribution in [0.15, 0.2) is 54.7 Å². The van der Waals surface area contributed by atoms with Gasteiger partial charge in [0.05, 0.1) is 22.6 Å². The molecule has 1 amide bonds. The summed E-state index contributed by atoms with van der Waals surface area (Å²) in [5.74, 6) is -1.24. The van der Waals surface area contributed by atoms with Crippen molar-refractivity contribution in [2.75, 3.05) is 10.2 Å². The Morgan fingerprint density at radius 2 is 1.78 bits per heavy atom. The number of allylic oxidation sites excluding steroid dienone is 1. The lowest BCUT2D eigenvalue weighted by Crippen LogP contribution is -2.13. The maximum Gasteiger partial charge on any atom is 0.411 e. The van der Waals surface area contributed by atoms with Crippen LogP contribution in [0.1, 0.15) is 10.4 Å². The Morgan fingerprint density at radius 3 is 2.52 bits per heavy atom. The highest BCUT2D eigenvalue weighted by Crippen LogP contribution is 2.38. The van der Waals surface area contributed by atoms with Crippen LogP contribution in [0.2, 0.25) is 0 Å². The Balaban J connectivity index is 2.22. The molecule has 2 aromatic rings. The molecule has 0 radical (unpaired) electrons. The first-order valence-electron chi connectivity index (χ1n) is 6.60. The van der Waals surface area contributed by atoms with Crippen molar-refractivity contribution in [3.63, 3.8) is 0 Å². The summed E-state index contributed by atoms with van der Waals surface area (Å²) in [4.78, 5) is 13.4. The third-order valence-electron chi connectivity index (χ3n) is 3.29. The molecule has 1 aliphatic heterocycles. The average Bonchev–Trinajstić information content (AvgIpc) is 2.59. The van der Waals surface area contributed by atoms with Gasteiger partial charge in [-0.15, -0.1) is 0 Å². The molecule has 3 rings (SSSR count). The molecule has 1 N–H and O–H groups in total. The van der Waals surface area contributed by atoms with Crippen molar-refractivity contribution in [1.82, 2.24) is 0 Å². The van der Waals surface area contributed by atoms with Crippen LogP contribution in [0, 0.1) is 5.82 Å². The van der Waals surface area contributed by atoms with Crippen molar-refractivity contribution in [2.45, 2.75) is 6.18 Å². The van der Waals surface area contributed by atoms with E-state index >= 15 is 0 Å². The number of carbonyl (C=O) groups is 1. The molecule has 0 unspecified atom stereocenters. The van der Waals surface area contributed by atoms with Crippen LogP contribution in [0.3, 0.4) is 0 Å². The van der Waals surface area contributed by atoms with Gasteiger partial charge in [-0.1, -0.05) is 12.1 Å². The minimum atomic E-state index is -4.52. The van der Waals surface area contributed by atoms with Crippen LogP contribution in [-0.4, -0.2) is 12.1 Å². The van der Waals surface area contributed by atoms with Crippen molar-refractivity contribution in [3.8, 4) is 0 Å². The number of benzene rings is 2. The SMILES string of the molecule is O=C1Nc2ccccc2N(/C=C\C(F)(F)F)c2ccc(F)cc21. The minimum absolute atomic E-state index is 0.0481. The van der Waals surface area contributed by atoms with E-state index in [2.05, 4.69) is 5.32 Å². The summed E-state index contributed by atoms with van der Waals surface area (Å²) in [5, 5.41) is 2.57. The van der Waals surface area contributed by atoms with Gasteiger partial charge in [-0.2, -0.15) is 13.2 Å². The van der Waals surface area contributed by atoms with Gasteiger partial charge in [-0.25, -0.2) is 4.39 Å². The number of rotatable bonds is 1. The molecule has 0 atom stereocenters. The smallest absolute Gasteiger partial charge is 0.320 e. The Bertz CT molecular complexity index is 799. The molecule has 1 heterocycles. The van der Waals surface area contributed by atoms with Gasteiger partial charge < -0.3 is 10.2 Å². The molecule has 0 aromatic heterocycles. The monoisotopic (exact) mass is 322 g/mol. The van der Waals surface area contributed by atoms with E-state index in [4.69, 9.17) is 0 Å². The van der Waals surface area contributed by atoms with Crippen LogP contribution in [0.4, 0.5) is 34.6 Å². The van der Waals surface area contributed by atoms with Gasteiger partial charge in [0.25, 0.3) is 5.91 Å². The van der Waals surface area contributed by atoms with Crippen LogP contribution >= 0.6 is 0 Å². The fourth-order valence-corrected chi connectivity index (χ4v) is 2.33. The highest BCUT2D eigenvalue weighted by Gasteiger charge is 2.27. The summed E-state index contributed by atoms with van der Waals surface area (Å²) in [6.07, 6.45) is -3.64. The number of carbonyl (C=O) groups excluding carboxylic acids is 1. The zero-order valence-electron chi connectivity index (χ0n) is 11.6. The minimum Gasteiger partial charge on any atom is -0.320 e. The standard InChI is InChI=1S/C16H10F4N2O/c17-10-5-6-13-11(9-10)15(23)21-12-3-1-2-4-14(12)22(13)8-7-16(18,19)20/h1-9H,(H,21,23)/b8-7-. The largest absolute Gasteiger partial charge is 0.411 e. The molecule has 0 bridgehead atoms. The number of anilines is 3. The van der Waals surface area contributed by atoms with Crippen molar-refractivity contribution in [2.24, 2.45) is 0 Å². The lowest BCUT2D eigenvalue weighted by atomic mass is 10.1. The van der Waals surface area contributed by atoms with Crippen molar-refractivity contribution in [3.05, 3.63) is 66.1 Å². The normalized spacial score (nSPS) is 14.3. The van der Waals surface area contributed by atoms with E-state index in [9.17, 15) is 22.4 Å². The molecule has 118 valence electrons. The first kappa shape index (κ1) is 15.1. The fourth-order valence-electron chi connectivity index (χ4n) is 2.33. The predicted octanol–water partition coefficient (Wildman–Crippen LogP) is 4.61. The third-order valence-corrected chi connectivity index (χ3v) is 3.29. The van der Waals surface area contributed by atoms with E-state index in [1.165, 1.54) is 11.0 Å². The van der Waals surface area contributed by atoms with Gasteiger partial charge in [0, 0.05) is 12.3 Å². The topological polar surface area (TPSA) is 32.3 Å². The van der Waals surface area contributed by atoms with E-state index < -0.39 is 17.9 Å². The van der Waals surface area contributed by atoms with Gasteiger partial charge in [0.2, 0.25) is 0 Å². The number of nitrogens with zero attached hydrogens (tertiary/aromatic N) is 1. The fraction of sp³-hybridized carbons (Fsp3) is 0.0625. The number of alkyl halides is 3. The zero-order valence-corrected chi connectivity index (χ0v) is 11.6. The summed E-state index contributed by atoms with van der Waals surface area (Å²) in [5.41, 5.74) is 0.801. The van der Waals surface area contributed by atoms with Gasteiger partial charge in [-0.3, -0.25) is 4.79 Å². The number of amides is 1. The lowest BCUT2D eigenvalue weighted by Gasteiger charge is -2.22. The van der Waals surface area contributed by atoms with Crippen LogP contribution in [-0.2, 0) is 0 Å². The molecule has 0 fully saturated rings. The number of hydrogen-bond acceptors (Lipinski definition) is 2. The molecule has 23 heavy (non-hydrogen) atoms. The molecule has 0 saturated carbocycles. The maximum absolute atomic E-state index is 13.4. The second kappa shape index (κ2) is 5.42. The Hall–Kier alpha value is -2.83. The number of hydrogen-bond donors (Lipinski definition) is 1. The first-order chi connectivity index (χ1) is 10.8. The third kappa shape index (κ3) is 3.03.